The molecule has 0 saturated carbocycles. The number of esters is 1. The molecular formula is C22H33N5O2. The van der Waals surface area contributed by atoms with Gasteiger partial charge in [-0.25, -0.2) is 4.79 Å². The quantitative estimate of drug-likeness (QED) is 0.420. The number of benzene rings is 1. The van der Waals surface area contributed by atoms with Crippen LogP contribution in [0.3, 0.4) is 0 Å². The minimum Gasteiger partial charge on any atom is -0.465 e. The Kier molecular flexibility index (Phi) is 8.24. The predicted octanol–water partition coefficient (Wildman–Crippen LogP) is 2.97. The Balaban J connectivity index is 2.02. The van der Waals surface area contributed by atoms with E-state index in [-0.39, 0.29) is 5.97 Å². The number of aryl methyl sites for hydroxylation is 1. The minimum atomic E-state index is -0.318. The molecule has 1 N–H and O–H groups in total. The zero-order valence-corrected chi connectivity index (χ0v) is 18.4. The second-order valence-corrected chi connectivity index (χ2v) is 7.40. The Hall–Kier alpha value is -2.83. The van der Waals surface area contributed by atoms with Gasteiger partial charge in [-0.3, -0.25) is 9.67 Å². The van der Waals surface area contributed by atoms with Crippen molar-refractivity contribution >= 4 is 11.9 Å². The highest BCUT2D eigenvalue weighted by Gasteiger charge is 2.15. The van der Waals surface area contributed by atoms with Crippen LogP contribution in [0, 0.1) is 0 Å². The van der Waals surface area contributed by atoms with Gasteiger partial charge in [0.05, 0.1) is 18.4 Å². The third-order valence-corrected chi connectivity index (χ3v) is 4.63. The van der Waals surface area contributed by atoms with E-state index in [1.54, 1.807) is 12.1 Å². The van der Waals surface area contributed by atoms with E-state index in [9.17, 15) is 4.79 Å². The fourth-order valence-electron chi connectivity index (χ4n) is 3.18. The summed E-state index contributed by atoms with van der Waals surface area (Å²) in [7, 11) is 5.39. The molecule has 1 aromatic heterocycles. The zero-order chi connectivity index (χ0) is 21.4. The first-order valence-corrected chi connectivity index (χ1v) is 10.0. The molecule has 7 nitrogen and oxygen atoms in total. The van der Waals surface area contributed by atoms with Crippen molar-refractivity contribution in [1.82, 2.24) is 20.0 Å². The number of hydrogen-bond acceptors (Lipinski definition) is 4. The average Bonchev–Trinajstić information content (AvgIpc) is 3.07. The Morgan fingerprint density at radius 2 is 2.00 bits per heavy atom. The molecule has 0 aliphatic rings. The van der Waals surface area contributed by atoms with Crippen LogP contribution in [0.25, 0.3) is 0 Å². The molecule has 1 heterocycles. The van der Waals surface area contributed by atoms with Gasteiger partial charge < -0.3 is 15.0 Å². The molecule has 2 aromatic rings. The second kappa shape index (κ2) is 10.6. The van der Waals surface area contributed by atoms with Crippen molar-refractivity contribution in [1.29, 1.82) is 0 Å². The number of ether oxygens (including phenoxy) is 1. The van der Waals surface area contributed by atoms with Gasteiger partial charge in [-0.15, -0.1) is 0 Å². The lowest BCUT2D eigenvalue weighted by molar-refractivity contribution is 0.0600. The first-order valence-electron chi connectivity index (χ1n) is 10.0. The topological polar surface area (TPSA) is 71.8 Å². The van der Waals surface area contributed by atoms with Gasteiger partial charge in [-0.05, 0) is 37.0 Å². The number of nitrogens with one attached hydrogen (secondary N) is 1. The highest BCUT2D eigenvalue weighted by molar-refractivity contribution is 5.89. The fraction of sp³-hybridized carbons (Fsp3) is 0.500. The molecule has 0 aliphatic heterocycles. The maximum Gasteiger partial charge on any atom is 0.337 e. The van der Waals surface area contributed by atoms with Crippen LogP contribution < -0.4 is 5.32 Å². The number of carbonyl (C=O) groups is 1. The Labute approximate surface area is 173 Å². The molecule has 0 saturated heterocycles. The van der Waals surface area contributed by atoms with Crippen molar-refractivity contribution in [3.05, 3.63) is 52.8 Å². The monoisotopic (exact) mass is 399 g/mol. The summed E-state index contributed by atoms with van der Waals surface area (Å²) >= 11 is 0. The lowest BCUT2D eigenvalue weighted by Crippen LogP contribution is -2.38. The van der Waals surface area contributed by atoms with E-state index in [2.05, 4.69) is 42.3 Å². The normalized spacial score (nSPS) is 11.6. The van der Waals surface area contributed by atoms with E-state index in [1.807, 2.05) is 30.9 Å². The van der Waals surface area contributed by atoms with Crippen LogP contribution in [0.5, 0.6) is 0 Å². The summed E-state index contributed by atoms with van der Waals surface area (Å²) in [6.07, 6.45) is 2.88. The maximum absolute atomic E-state index is 11.5. The van der Waals surface area contributed by atoms with E-state index in [1.165, 1.54) is 12.7 Å². The number of methoxy groups -OCH3 is 1. The third kappa shape index (κ3) is 6.34. The van der Waals surface area contributed by atoms with Crippen molar-refractivity contribution in [2.24, 2.45) is 12.0 Å². The molecule has 0 spiro atoms. The van der Waals surface area contributed by atoms with Crippen LogP contribution in [-0.4, -0.2) is 53.9 Å². The summed E-state index contributed by atoms with van der Waals surface area (Å²) in [4.78, 5) is 18.4. The Morgan fingerprint density at radius 3 is 2.59 bits per heavy atom. The molecule has 0 unspecified atom stereocenters. The summed E-state index contributed by atoms with van der Waals surface area (Å²) in [6.45, 7) is 8.61. The van der Waals surface area contributed by atoms with Gasteiger partial charge in [0.1, 0.15) is 0 Å². The van der Waals surface area contributed by atoms with E-state index in [0.717, 1.165) is 36.7 Å². The van der Waals surface area contributed by atoms with Gasteiger partial charge in [0.2, 0.25) is 0 Å². The summed E-state index contributed by atoms with van der Waals surface area (Å²) in [6, 6.07) is 7.47. The molecular weight excluding hydrogens is 366 g/mol. The number of guanidine groups is 1. The number of hydrogen-bond donors (Lipinski definition) is 1. The lowest BCUT2D eigenvalue weighted by Gasteiger charge is -2.22. The zero-order valence-electron chi connectivity index (χ0n) is 18.4. The molecule has 158 valence electrons. The Morgan fingerprint density at radius 1 is 1.31 bits per heavy atom. The highest BCUT2D eigenvalue weighted by Crippen LogP contribution is 2.18. The summed E-state index contributed by atoms with van der Waals surface area (Å²) in [5, 5.41) is 7.96. The van der Waals surface area contributed by atoms with Crippen molar-refractivity contribution in [2.45, 2.75) is 39.7 Å². The first kappa shape index (κ1) is 22.5. The molecule has 0 radical (unpaired) electrons. The SMILES string of the molecule is CCNC(=NCCc1ccc(C(=O)OC)cc1)N(C)Cc1cn(C)nc1C(C)C. The van der Waals surface area contributed by atoms with Gasteiger partial charge in [0, 0.05) is 45.5 Å². The number of aliphatic imine (C=N–C) groups is 1. The van der Waals surface area contributed by atoms with Crippen LogP contribution in [-0.2, 0) is 24.8 Å². The molecule has 0 aliphatic carbocycles. The molecule has 0 atom stereocenters. The van der Waals surface area contributed by atoms with Gasteiger partial charge in [-0.2, -0.15) is 5.10 Å². The van der Waals surface area contributed by atoms with Crippen LogP contribution in [0.2, 0.25) is 0 Å². The third-order valence-electron chi connectivity index (χ3n) is 4.63. The van der Waals surface area contributed by atoms with E-state index >= 15 is 0 Å². The number of aromatic nitrogens is 2. The van der Waals surface area contributed by atoms with Crippen LogP contribution in [0.4, 0.5) is 0 Å². The number of nitrogens with zero attached hydrogens (tertiary/aromatic N) is 4. The fourth-order valence-corrected chi connectivity index (χ4v) is 3.18. The average molecular weight is 400 g/mol. The summed E-state index contributed by atoms with van der Waals surface area (Å²) < 4.78 is 6.61. The van der Waals surface area contributed by atoms with Crippen molar-refractivity contribution in [3.8, 4) is 0 Å². The van der Waals surface area contributed by atoms with Gasteiger partial charge >= 0.3 is 5.97 Å². The second-order valence-electron chi connectivity index (χ2n) is 7.40. The maximum atomic E-state index is 11.5. The molecule has 29 heavy (non-hydrogen) atoms. The van der Waals surface area contributed by atoms with E-state index in [4.69, 9.17) is 9.73 Å². The van der Waals surface area contributed by atoms with Gasteiger partial charge in [0.15, 0.2) is 5.96 Å². The molecule has 1 aromatic carbocycles. The first-order chi connectivity index (χ1) is 13.8. The van der Waals surface area contributed by atoms with E-state index < -0.39 is 0 Å². The molecule has 0 fully saturated rings. The number of rotatable bonds is 8. The van der Waals surface area contributed by atoms with Gasteiger partial charge in [0.25, 0.3) is 0 Å². The van der Waals surface area contributed by atoms with Crippen LogP contribution in [0.1, 0.15) is 53.9 Å². The van der Waals surface area contributed by atoms with Crippen molar-refractivity contribution in [3.63, 3.8) is 0 Å². The molecule has 7 heteroatoms. The van der Waals surface area contributed by atoms with E-state index in [0.29, 0.717) is 18.0 Å². The smallest absolute Gasteiger partial charge is 0.337 e. The van der Waals surface area contributed by atoms with Gasteiger partial charge in [-0.1, -0.05) is 26.0 Å². The standard InChI is InChI=1S/C22H33N5O2/c1-7-23-22(26(4)14-19-15-27(5)25-20(19)16(2)3)24-13-12-17-8-10-18(11-9-17)21(28)29-6/h8-11,15-16H,7,12-14H2,1-6H3,(H,23,24). The summed E-state index contributed by atoms with van der Waals surface area (Å²) in [5.74, 6) is 0.936. The van der Waals surface area contributed by atoms with Crippen molar-refractivity contribution < 1.29 is 9.53 Å². The van der Waals surface area contributed by atoms with Crippen molar-refractivity contribution in [2.75, 3.05) is 27.2 Å². The largest absolute Gasteiger partial charge is 0.465 e. The minimum absolute atomic E-state index is 0.318. The van der Waals surface area contributed by atoms with Crippen LogP contribution >= 0.6 is 0 Å². The molecule has 0 amide bonds. The number of carbonyl (C=O) groups excluding carboxylic acids is 1. The highest BCUT2D eigenvalue weighted by atomic mass is 16.5. The van der Waals surface area contributed by atoms with Crippen LogP contribution in [0.15, 0.2) is 35.5 Å². The Bertz CT molecular complexity index is 824. The lowest BCUT2D eigenvalue weighted by atomic mass is 10.1. The molecule has 0 bridgehead atoms. The summed E-state index contributed by atoms with van der Waals surface area (Å²) in [5.41, 5.74) is 4.04. The molecule has 2 rings (SSSR count). The predicted molar refractivity (Wildman–Crippen MR) is 116 cm³/mol.